The summed E-state index contributed by atoms with van der Waals surface area (Å²) in [4.78, 5) is 12.4. The summed E-state index contributed by atoms with van der Waals surface area (Å²) in [5, 5.41) is 2.96. The molecule has 0 aliphatic carbocycles. The maximum atomic E-state index is 13.1. The second-order valence-corrected chi connectivity index (χ2v) is 6.52. The van der Waals surface area contributed by atoms with Crippen LogP contribution in [0, 0.1) is 11.7 Å². The van der Waals surface area contributed by atoms with Crippen molar-refractivity contribution in [2.75, 3.05) is 32.9 Å². The van der Waals surface area contributed by atoms with Crippen LogP contribution in [0.4, 0.5) is 4.39 Å². The summed E-state index contributed by atoms with van der Waals surface area (Å²) in [5.74, 6) is -0.511. The number of benzene rings is 1. The van der Waals surface area contributed by atoms with Gasteiger partial charge in [0, 0.05) is 26.3 Å². The van der Waals surface area contributed by atoms with Crippen LogP contribution in [0.1, 0.15) is 30.9 Å². The number of carbonyl (C=O) groups is 1. The van der Waals surface area contributed by atoms with Crippen LogP contribution in [0.3, 0.4) is 0 Å². The van der Waals surface area contributed by atoms with Gasteiger partial charge in [0.05, 0.1) is 24.7 Å². The third-order valence-electron chi connectivity index (χ3n) is 4.64. The Morgan fingerprint density at radius 2 is 2.20 bits per heavy atom. The maximum absolute atomic E-state index is 13.1. The van der Waals surface area contributed by atoms with Gasteiger partial charge in [0.1, 0.15) is 5.82 Å². The van der Waals surface area contributed by atoms with E-state index in [2.05, 4.69) is 16.2 Å². The largest absolute Gasteiger partial charge is 0.379 e. The van der Waals surface area contributed by atoms with E-state index < -0.39 is 0 Å². The maximum Gasteiger partial charge on any atom is 0.226 e. The van der Waals surface area contributed by atoms with Crippen molar-refractivity contribution >= 4 is 5.91 Å². The van der Waals surface area contributed by atoms with Crippen molar-refractivity contribution < 1.29 is 18.7 Å². The van der Waals surface area contributed by atoms with E-state index >= 15 is 0 Å². The molecule has 3 rings (SSSR count). The first-order chi connectivity index (χ1) is 12.2. The third-order valence-corrected chi connectivity index (χ3v) is 4.64. The van der Waals surface area contributed by atoms with Crippen molar-refractivity contribution in [2.45, 2.75) is 31.4 Å². The molecule has 0 aromatic heterocycles. The number of ether oxygens (including phenoxy) is 2. The van der Waals surface area contributed by atoms with Gasteiger partial charge in [-0.25, -0.2) is 9.82 Å². The fourth-order valence-corrected chi connectivity index (χ4v) is 3.23. The molecule has 2 fully saturated rings. The quantitative estimate of drug-likeness (QED) is 0.616. The van der Waals surface area contributed by atoms with Crippen LogP contribution in [0.5, 0.6) is 0 Å². The Balaban J connectivity index is 1.36. The van der Waals surface area contributed by atoms with Gasteiger partial charge in [0.2, 0.25) is 5.91 Å². The Labute approximate surface area is 147 Å². The zero-order chi connectivity index (χ0) is 17.5. The van der Waals surface area contributed by atoms with Crippen LogP contribution in [0.2, 0.25) is 0 Å². The van der Waals surface area contributed by atoms with Crippen molar-refractivity contribution in [1.29, 1.82) is 0 Å². The molecule has 2 heterocycles. The summed E-state index contributed by atoms with van der Waals surface area (Å²) >= 11 is 0. The van der Waals surface area contributed by atoms with Crippen LogP contribution in [0.25, 0.3) is 0 Å². The van der Waals surface area contributed by atoms with E-state index in [1.165, 1.54) is 12.1 Å². The van der Waals surface area contributed by atoms with Crippen molar-refractivity contribution in [3.63, 3.8) is 0 Å². The lowest BCUT2D eigenvalue weighted by molar-refractivity contribution is -0.125. The van der Waals surface area contributed by atoms with Gasteiger partial charge in [-0.3, -0.25) is 10.2 Å². The second kappa shape index (κ2) is 9.24. The minimum atomic E-state index is -0.279. The van der Waals surface area contributed by atoms with Gasteiger partial charge in [-0.15, -0.1) is 0 Å². The lowest BCUT2D eigenvalue weighted by atomic mass is 9.94. The predicted molar refractivity (Wildman–Crippen MR) is 91.2 cm³/mol. The van der Waals surface area contributed by atoms with E-state index in [1.807, 2.05) is 0 Å². The number of hydrogen-bond acceptors (Lipinski definition) is 5. The zero-order valence-corrected chi connectivity index (χ0v) is 14.3. The Morgan fingerprint density at radius 3 is 2.96 bits per heavy atom. The molecule has 3 unspecified atom stereocenters. The smallest absolute Gasteiger partial charge is 0.226 e. The highest BCUT2D eigenvalue weighted by Crippen LogP contribution is 2.25. The van der Waals surface area contributed by atoms with Gasteiger partial charge < -0.3 is 14.8 Å². The molecular formula is C18H26FN3O3. The topological polar surface area (TPSA) is 71.6 Å². The fraction of sp³-hybridized carbons (Fsp3) is 0.611. The minimum Gasteiger partial charge on any atom is -0.379 e. The predicted octanol–water partition coefficient (Wildman–Crippen LogP) is 1.29. The number of hydrogen-bond donors (Lipinski definition) is 3. The van der Waals surface area contributed by atoms with E-state index in [4.69, 9.17) is 9.47 Å². The molecular weight excluding hydrogens is 325 g/mol. The normalized spacial score (nSPS) is 26.0. The van der Waals surface area contributed by atoms with E-state index in [1.54, 1.807) is 12.1 Å². The van der Waals surface area contributed by atoms with Gasteiger partial charge in [0.15, 0.2) is 0 Å². The molecule has 3 atom stereocenters. The number of carbonyl (C=O) groups excluding carboxylic acids is 1. The highest BCUT2D eigenvalue weighted by Gasteiger charge is 2.33. The third kappa shape index (κ3) is 5.22. The fourth-order valence-electron chi connectivity index (χ4n) is 3.23. The SMILES string of the molecule is O=C(NCCCOCC1CCCO1)C1CNNC1c1ccc(F)cc1. The van der Waals surface area contributed by atoms with Crippen LogP contribution < -0.4 is 16.2 Å². The van der Waals surface area contributed by atoms with Gasteiger partial charge >= 0.3 is 0 Å². The van der Waals surface area contributed by atoms with Crippen LogP contribution in [-0.2, 0) is 14.3 Å². The number of rotatable bonds is 8. The minimum absolute atomic E-state index is 0.00838. The molecule has 3 N–H and O–H groups in total. The molecule has 1 amide bonds. The van der Waals surface area contributed by atoms with Gasteiger partial charge in [-0.05, 0) is 37.0 Å². The molecule has 0 radical (unpaired) electrons. The number of halogens is 1. The van der Waals surface area contributed by atoms with E-state index in [0.29, 0.717) is 26.3 Å². The van der Waals surface area contributed by atoms with E-state index in [0.717, 1.165) is 31.4 Å². The first-order valence-corrected chi connectivity index (χ1v) is 8.95. The van der Waals surface area contributed by atoms with E-state index in [-0.39, 0.29) is 29.8 Å². The molecule has 2 saturated heterocycles. The number of hydrazine groups is 1. The zero-order valence-electron chi connectivity index (χ0n) is 14.3. The molecule has 7 heteroatoms. The Kier molecular flexibility index (Phi) is 6.75. The molecule has 2 aliphatic heterocycles. The van der Waals surface area contributed by atoms with Crippen LogP contribution >= 0.6 is 0 Å². The summed E-state index contributed by atoms with van der Waals surface area (Å²) in [6.07, 6.45) is 3.20. The Morgan fingerprint density at radius 1 is 1.36 bits per heavy atom. The van der Waals surface area contributed by atoms with Crippen LogP contribution in [-0.4, -0.2) is 44.9 Å². The molecule has 0 saturated carbocycles. The molecule has 2 aliphatic rings. The lowest BCUT2D eigenvalue weighted by Gasteiger charge is -2.18. The molecule has 6 nitrogen and oxygen atoms in total. The van der Waals surface area contributed by atoms with Crippen molar-refractivity contribution in [3.05, 3.63) is 35.6 Å². The summed E-state index contributed by atoms with van der Waals surface area (Å²) in [6.45, 7) is 3.21. The number of nitrogens with one attached hydrogen (secondary N) is 3. The average Bonchev–Trinajstić information content (AvgIpc) is 3.30. The highest BCUT2D eigenvalue weighted by molar-refractivity contribution is 5.80. The van der Waals surface area contributed by atoms with Crippen molar-refractivity contribution in [2.24, 2.45) is 5.92 Å². The molecule has 1 aromatic carbocycles. The summed E-state index contributed by atoms with van der Waals surface area (Å²) in [5.41, 5.74) is 7.00. The molecule has 138 valence electrons. The monoisotopic (exact) mass is 351 g/mol. The molecule has 0 spiro atoms. The Bertz CT molecular complexity index is 549. The highest BCUT2D eigenvalue weighted by atomic mass is 19.1. The summed E-state index contributed by atoms with van der Waals surface area (Å²) < 4.78 is 24.1. The van der Waals surface area contributed by atoms with Gasteiger partial charge in [-0.2, -0.15) is 0 Å². The first-order valence-electron chi connectivity index (χ1n) is 8.95. The van der Waals surface area contributed by atoms with Crippen molar-refractivity contribution in [3.8, 4) is 0 Å². The average molecular weight is 351 g/mol. The standard InChI is InChI=1S/C18H26FN3O3/c19-14-6-4-13(5-7-14)17-16(11-21-22-17)18(23)20-8-2-9-24-12-15-3-1-10-25-15/h4-7,15-17,21-22H,1-3,8-12H2,(H,20,23). The summed E-state index contributed by atoms with van der Waals surface area (Å²) in [6, 6.07) is 6.08. The first kappa shape index (κ1) is 18.3. The molecule has 25 heavy (non-hydrogen) atoms. The van der Waals surface area contributed by atoms with Gasteiger partial charge in [0.25, 0.3) is 0 Å². The van der Waals surface area contributed by atoms with E-state index in [9.17, 15) is 9.18 Å². The summed E-state index contributed by atoms with van der Waals surface area (Å²) in [7, 11) is 0. The van der Waals surface area contributed by atoms with Gasteiger partial charge in [-0.1, -0.05) is 12.1 Å². The number of amides is 1. The van der Waals surface area contributed by atoms with Crippen LogP contribution in [0.15, 0.2) is 24.3 Å². The lowest BCUT2D eigenvalue weighted by Crippen LogP contribution is -2.36. The molecule has 1 aromatic rings. The Hall–Kier alpha value is -1.54. The second-order valence-electron chi connectivity index (χ2n) is 6.52. The molecule has 0 bridgehead atoms. The van der Waals surface area contributed by atoms with Crippen molar-refractivity contribution in [1.82, 2.24) is 16.2 Å².